The van der Waals surface area contributed by atoms with E-state index < -0.39 is 85.7 Å². The lowest BCUT2D eigenvalue weighted by Gasteiger charge is -2.25. The Morgan fingerprint density at radius 3 is 1.67 bits per heavy atom. The van der Waals surface area contributed by atoms with Crippen molar-refractivity contribution in [1.29, 1.82) is 0 Å². The van der Waals surface area contributed by atoms with E-state index in [9.17, 15) is 0 Å². The van der Waals surface area contributed by atoms with Crippen molar-refractivity contribution in [2.75, 3.05) is 0 Å². The largest absolute Gasteiger partial charge is 0.0638 e. The van der Waals surface area contributed by atoms with Crippen LogP contribution < -0.4 is 0 Å². The van der Waals surface area contributed by atoms with Crippen LogP contribution in [0.3, 0.4) is 0 Å². The molecule has 84 valence electrons. The lowest BCUT2D eigenvalue weighted by Crippen LogP contribution is -2.16. The third-order valence-electron chi connectivity index (χ3n) is 1.47. The van der Waals surface area contributed by atoms with Gasteiger partial charge in [0.25, 0.3) is 0 Å². The minimum absolute atomic E-state index is 0.993. The van der Waals surface area contributed by atoms with Crippen molar-refractivity contribution in [2.45, 2.75) is 51.9 Å². The van der Waals surface area contributed by atoms with E-state index in [2.05, 4.69) is 15.9 Å². The minimum Gasteiger partial charge on any atom is -0.0561 e. The molecule has 0 aliphatic rings. The molecule has 0 saturated carbocycles. The van der Waals surface area contributed by atoms with Gasteiger partial charge in [0.15, 0.2) is 0 Å². The van der Waals surface area contributed by atoms with Crippen molar-refractivity contribution in [3.05, 3.63) is 33.7 Å². The van der Waals surface area contributed by atoms with E-state index in [1.54, 1.807) is 0 Å². The van der Waals surface area contributed by atoms with Gasteiger partial charge in [0.05, 0.1) is 4.11 Å². The van der Waals surface area contributed by atoms with Crippen LogP contribution in [-0.4, -0.2) is 0 Å². The summed E-state index contributed by atoms with van der Waals surface area (Å²) < 4.78 is 165. The summed E-state index contributed by atoms with van der Waals surface area (Å²) in [5.41, 5.74) is -11.5. The standard InChI is InChI=1S/C14H21Br/c1-13(2,3)10-7-11(14(4,5)6)9-12(15)8-10/h7-9H,1-6H3/i1D3,2D3,3D3,4D3,5D3,6D3,7D,8D,9D. The molecule has 1 rings (SSSR count). The Hall–Kier alpha value is -0.300. The Labute approximate surface area is 132 Å². The van der Waals surface area contributed by atoms with E-state index in [1.807, 2.05) is 0 Å². The maximum absolute atomic E-state index is 8.56. The second-order valence-corrected chi connectivity index (χ2v) is 3.73. The zero-order valence-corrected chi connectivity index (χ0v) is 8.96. The van der Waals surface area contributed by atoms with Gasteiger partial charge < -0.3 is 0 Å². The summed E-state index contributed by atoms with van der Waals surface area (Å²) in [6.07, 6.45) is 0. The molecule has 0 heterocycles. The number of halogens is 1. The first-order chi connectivity index (χ1) is 15.4. The summed E-state index contributed by atoms with van der Waals surface area (Å²) in [7, 11) is 0. The van der Waals surface area contributed by atoms with Crippen LogP contribution in [-0.2, 0) is 10.8 Å². The number of rotatable bonds is 0. The molecule has 0 unspecified atom stereocenters. The molecule has 0 amide bonds. The topological polar surface area (TPSA) is 0 Å². The number of hydrogen-bond acceptors (Lipinski definition) is 0. The Morgan fingerprint density at radius 1 is 0.933 bits per heavy atom. The first-order valence-corrected chi connectivity index (χ1v) is 4.48. The molecule has 0 aromatic heterocycles. The maximum Gasteiger partial charge on any atom is 0.0638 e. The summed E-state index contributed by atoms with van der Waals surface area (Å²) in [5, 5.41) is 0. The molecule has 0 bridgehead atoms. The second-order valence-electron chi connectivity index (χ2n) is 2.94. The Balaban J connectivity index is 4.89. The van der Waals surface area contributed by atoms with Crippen molar-refractivity contribution in [3.63, 3.8) is 0 Å². The Morgan fingerprint density at radius 2 is 1.33 bits per heavy atom. The fourth-order valence-corrected chi connectivity index (χ4v) is 1.21. The van der Waals surface area contributed by atoms with E-state index in [4.69, 9.17) is 28.8 Å². The molecular weight excluding hydrogens is 248 g/mol. The van der Waals surface area contributed by atoms with E-state index in [-0.39, 0.29) is 0 Å². The van der Waals surface area contributed by atoms with Crippen LogP contribution in [0.5, 0.6) is 0 Å². The number of benzene rings is 1. The van der Waals surface area contributed by atoms with Crippen molar-refractivity contribution >= 4 is 15.9 Å². The van der Waals surface area contributed by atoms with Gasteiger partial charge in [-0.25, -0.2) is 0 Å². The molecule has 0 aliphatic heterocycles. The normalized spacial score (nSPS) is 38.6. The van der Waals surface area contributed by atoms with E-state index in [1.165, 1.54) is 0 Å². The van der Waals surface area contributed by atoms with Crippen molar-refractivity contribution in [3.8, 4) is 0 Å². The molecular formula is C14H21Br. The van der Waals surface area contributed by atoms with Gasteiger partial charge in [-0.2, -0.15) is 0 Å². The van der Waals surface area contributed by atoms with Crippen molar-refractivity contribution in [2.24, 2.45) is 0 Å². The molecule has 1 aromatic rings. The van der Waals surface area contributed by atoms with Crippen LogP contribution in [0.25, 0.3) is 0 Å². The summed E-state index contributed by atoms with van der Waals surface area (Å²) in [6, 6.07) is -4.46. The molecule has 0 nitrogen and oxygen atoms in total. The molecule has 0 aliphatic carbocycles. The van der Waals surface area contributed by atoms with E-state index in [0.29, 0.717) is 0 Å². The average Bonchev–Trinajstić information content (AvgIpc) is 2.53. The molecule has 0 atom stereocenters. The molecule has 0 radical (unpaired) electrons. The van der Waals surface area contributed by atoms with Gasteiger partial charge in [-0.1, -0.05) is 63.1 Å². The zero-order chi connectivity index (χ0) is 29.5. The van der Waals surface area contributed by atoms with Gasteiger partial charge in [0, 0.05) is 29.1 Å². The molecule has 15 heavy (non-hydrogen) atoms. The summed E-state index contributed by atoms with van der Waals surface area (Å²) in [5.74, 6) is 0. The molecule has 1 heteroatoms. The SMILES string of the molecule is [2H]c1c(Br)c([2H])c(C(C([2H])([2H])[2H])(C([2H])([2H])[2H])C([2H])([2H])[2H])c([2H])c1C(C([2H])([2H])[2H])(C([2H])([2H])[2H])C([2H])([2H])[2H]. The summed E-state index contributed by atoms with van der Waals surface area (Å²) in [6.45, 7) is -24.3. The predicted octanol–water partition coefficient (Wildman–Crippen LogP) is 5.04. The van der Waals surface area contributed by atoms with Crippen molar-refractivity contribution < 1.29 is 28.8 Å². The first-order valence-electron chi connectivity index (χ1n) is 14.2. The van der Waals surface area contributed by atoms with E-state index in [0.717, 1.165) is 0 Å². The van der Waals surface area contributed by atoms with Gasteiger partial charge in [0.2, 0.25) is 0 Å². The van der Waals surface area contributed by atoms with Crippen LogP contribution in [0.1, 0.15) is 81.0 Å². The van der Waals surface area contributed by atoms with Crippen LogP contribution in [0.15, 0.2) is 22.6 Å². The van der Waals surface area contributed by atoms with Crippen LogP contribution in [0.2, 0.25) is 0 Å². The highest BCUT2D eigenvalue weighted by Gasteiger charge is 2.19. The van der Waals surface area contributed by atoms with Crippen LogP contribution in [0, 0.1) is 0 Å². The Bertz CT molecular complexity index is 846. The highest BCUT2D eigenvalue weighted by molar-refractivity contribution is 9.10. The monoisotopic (exact) mass is 289 g/mol. The van der Waals surface area contributed by atoms with Crippen LogP contribution in [0.4, 0.5) is 0 Å². The van der Waals surface area contributed by atoms with Gasteiger partial charge in [-0.05, 0) is 34.0 Å². The Kier molecular flexibility index (Phi) is 0.568. The average molecular weight is 290 g/mol. The highest BCUT2D eigenvalue weighted by atomic mass is 79.9. The van der Waals surface area contributed by atoms with Gasteiger partial charge >= 0.3 is 0 Å². The van der Waals surface area contributed by atoms with Crippen LogP contribution >= 0.6 is 15.9 Å². The third-order valence-corrected chi connectivity index (χ3v) is 1.87. The lowest BCUT2D eigenvalue weighted by atomic mass is 9.81. The third kappa shape index (κ3) is 3.34. The predicted molar refractivity (Wildman–Crippen MR) is 71.5 cm³/mol. The quantitative estimate of drug-likeness (QED) is 0.627. The molecule has 0 spiro atoms. The molecule has 0 saturated heterocycles. The molecule has 0 N–H and O–H groups in total. The lowest BCUT2D eigenvalue weighted by molar-refractivity contribution is 0.568. The number of hydrogen-bond donors (Lipinski definition) is 0. The van der Waals surface area contributed by atoms with E-state index >= 15 is 0 Å². The summed E-state index contributed by atoms with van der Waals surface area (Å²) >= 11 is 2.64. The highest BCUT2D eigenvalue weighted by Crippen LogP contribution is 2.31. The molecule has 0 fully saturated rings. The smallest absolute Gasteiger partial charge is 0.0561 e. The molecule has 1 aromatic carbocycles. The fraction of sp³-hybridized carbons (Fsp3) is 0.571. The van der Waals surface area contributed by atoms with Gasteiger partial charge in [-0.3, -0.25) is 0 Å². The minimum atomic E-state index is -4.09. The first kappa shape index (κ1) is 2.16. The second kappa shape index (κ2) is 3.93. The zero-order valence-electron chi connectivity index (χ0n) is 28.4. The van der Waals surface area contributed by atoms with Gasteiger partial charge in [-0.15, -0.1) is 0 Å². The van der Waals surface area contributed by atoms with Crippen molar-refractivity contribution in [1.82, 2.24) is 0 Å². The summed E-state index contributed by atoms with van der Waals surface area (Å²) in [4.78, 5) is 0. The maximum atomic E-state index is 8.56. The van der Waals surface area contributed by atoms with Gasteiger partial charge in [0.1, 0.15) is 0 Å². The fourth-order valence-electron chi connectivity index (χ4n) is 0.813.